The lowest BCUT2D eigenvalue weighted by Gasteiger charge is -2.26. The van der Waals surface area contributed by atoms with Crippen molar-refractivity contribution in [3.05, 3.63) is 29.3 Å². The van der Waals surface area contributed by atoms with E-state index in [-0.39, 0.29) is 5.91 Å². The van der Waals surface area contributed by atoms with Crippen LogP contribution in [0.4, 0.5) is 5.69 Å². The van der Waals surface area contributed by atoms with Crippen LogP contribution in [0.2, 0.25) is 5.02 Å². The molecular formula is C13H17ClN2O2. The number of carbonyl (C=O) groups is 1. The van der Waals surface area contributed by atoms with Crippen molar-refractivity contribution < 1.29 is 9.53 Å². The lowest BCUT2D eigenvalue weighted by Crippen LogP contribution is -2.41. The minimum atomic E-state index is 0.174. The minimum Gasteiger partial charge on any atom is -0.384 e. The van der Waals surface area contributed by atoms with Crippen LogP contribution in [0.3, 0.4) is 0 Å². The molecule has 0 saturated carbocycles. The quantitative estimate of drug-likeness (QED) is 0.908. The Labute approximate surface area is 112 Å². The molecule has 1 saturated heterocycles. The van der Waals surface area contributed by atoms with E-state index in [0.29, 0.717) is 44.3 Å². The first-order valence-corrected chi connectivity index (χ1v) is 6.48. The van der Waals surface area contributed by atoms with E-state index >= 15 is 0 Å². The van der Waals surface area contributed by atoms with Crippen molar-refractivity contribution in [2.45, 2.75) is 6.42 Å². The zero-order valence-corrected chi connectivity index (χ0v) is 10.9. The lowest BCUT2D eigenvalue weighted by atomic mass is 10.3. The maximum absolute atomic E-state index is 11.9. The number of nitrogens with one attached hydrogen (secondary N) is 1. The molecule has 0 unspecified atom stereocenters. The minimum absolute atomic E-state index is 0.174. The van der Waals surface area contributed by atoms with Gasteiger partial charge in [0.1, 0.15) is 0 Å². The molecule has 2 rings (SSSR count). The number of benzene rings is 1. The fraction of sp³-hybridized carbons (Fsp3) is 0.462. The molecule has 0 radical (unpaired) electrons. The van der Waals surface area contributed by atoms with Crippen LogP contribution in [-0.2, 0) is 9.53 Å². The third-order valence-electron chi connectivity index (χ3n) is 2.86. The Kier molecular flexibility index (Phi) is 4.84. The molecule has 1 aliphatic rings. The van der Waals surface area contributed by atoms with E-state index in [4.69, 9.17) is 16.3 Å². The smallest absolute Gasteiger partial charge is 0.224 e. The van der Waals surface area contributed by atoms with Gasteiger partial charge in [-0.15, -0.1) is 0 Å². The molecule has 98 valence electrons. The van der Waals surface area contributed by atoms with Gasteiger partial charge in [-0.2, -0.15) is 0 Å². The summed E-state index contributed by atoms with van der Waals surface area (Å²) in [6, 6.07) is 7.49. The highest BCUT2D eigenvalue weighted by Gasteiger charge is 2.15. The largest absolute Gasteiger partial charge is 0.384 e. The number of rotatable bonds is 4. The van der Waals surface area contributed by atoms with Crippen molar-refractivity contribution in [3.63, 3.8) is 0 Å². The second-order valence-electron chi connectivity index (χ2n) is 4.18. The first kappa shape index (κ1) is 13.2. The molecule has 1 aliphatic heterocycles. The molecule has 5 heteroatoms. The van der Waals surface area contributed by atoms with Crippen molar-refractivity contribution in [1.29, 1.82) is 0 Å². The van der Waals surface area contributed by atoms with Crippen molar-refractivity contribution in [2.75, 3.05) is 38.2 Å². The van der Waals surface area contributed by atoms with E-state index in [0.717, 1.165) is 5.69 Å². The van der Waals surface area contributed by atoms with Gasteiger partial charge in [0.05, 0.1) is 13.2 Å². The maximum atomic E-state index is 11.9. The van der Waals surface area contributed by atoms with Crippen LogP contribution >= 0.6 is 11.6 Å². The molecule has 0 spiro atoms. The summed E-state index contributed by atoms with van der Waals surface area (Å²) in [6.45, 7) is 3.32. The van der Waals surface area contributed by atoms with E-state index in [1.54, 1.807) is 0 Å². The number of carbonyl (C=O) groups excluding carboxylic acids is 1. The molecule has 0 atom stereocenters. The molecule has 1 N–H and O–H groups in total. The first-order valence-electron chi connectivity index (χ1n) is 6.10. The molecule has 1 amide bonds. The van der Waals surface area contributed by atoms with Gasteiger partial charge >= 0.3 is 0 Å². The third kappa shape index (κ3) is 3.89. The Morgan fingerprint density at radius 3 is 2.89 bits per heavy atom. The standard InChI is InChI=1S/C13H17ClN2O2/c14-11-2-1-3-12(10-11)15-5-4-13(17)16-6-8-18-9-7-16/h1-3,10,15H,4-9H2. The second kappa shape index (κ2) is 6.61. The fourth-order valence-electron chi connectivity index (χ4n) is 1.88. The van der Waals surface area contributed by atoms with Crippen LogP contribution in [-0.4, -0.2) is 43.7 Å². The van der Waals surface area contributed by atoms with E-state index < -0.39 is 0 Å². The van der Waals surface area contributed by atoms with Gasteiger partial charge in [0.15, 0.2) is 0 Å². The summed E-state index contributed by atoms with van der Waals surface area (Å²) in [6.07, 6.45) is 0.493. The predicted molar refractivity (Wildman–Crippen MR) is 72.0 cm³/mol. The molecule has 0 aliphatic carbocycles. The summed E-state index contributed by atoms with van der Waals surface area (Å²) in [4.78, 5) is 13.7. The Balaban J connectivity index is 1.73. The van der Waals surface area contributed by atoms with Crippen molar-refractivity contribution >= 4 is 23.2 Å². The number of halogens is 1. The van der Waals surface area contributed by atoms with Crippen LogP contribution in [0.1, 0.15) is 6.42 Å². The lowest BCUT2D eigenvalue weighted by molar-refractivity contribution is -0.134. The fourth-order valence-corrected chi connectivity index (χ4v) is 2.07. The molecule has 1 aromatic carbocycles. The number of morpholine rings is 1. The van der Waals surface area contributed by atoms with Gasteiger partial charge in [0, 0.05) is 36.8 Å². The Bertz CT molecular complexity index is 406. The van der Waals surface area contributed by atoms with Gasteiger partial charge in [-0.3, -0.25) is 4.79 Å². The van der Waals surface area contributed by atoms with Crippen molar-refractivity contribution in [3.8, 4) is 0 Å². The number of anilines is 1. The molecule has 0 bridgehead atoms. The number of nitrogens with zero attached hydrogens (tertiary/aromatic N) is 1. The summed E-state index contributed by atoms with van der Waals surface area (Å²) in [5, 5.41) is 3.89. The number of amides is 1. The van der Waals surface area contributed by atoms with Gasteiger partial charge in [0.25, 0.3) is 0 Å². The monoisotopic (exact) mass is 268 g/mol. The number of hydrogen-bond acceptors (Lipinski definition) is 3. The summed E-state index contributed by atoms with van der Waals surface area (Å²) in [5.74, 6) is 0.174. The number of ether oxygens (including phenoxy) is 1. The Hall–Kier alpha value is -1.26. The predicted octanol–water partition coefficient (Wildman–Crippen LogP) is 2.00. The molecule has 18 heavy (non-hydrogen) atoms. The summed E-state index contributed by atoms with van der Waals surface area (Å²) in [5.41, 5.74) is 0.942. The normalized spacial score (nSPS) is 15.5. The third-order valence-corrected chi connectivity index (χ3v) is 3.09. The zero-order chi connectivity index (χ0) is 12.8. The second-order valence-corrected chi connectivity index (χ2v) is 4.62. The Morgan fingerprint density at radius 2 is 2.17 bits per heavy atom. The summed E-state index contributed by atoms with van der Waals surface area (Å²) in [7, 11) is 0. The highest BCUT2D eigenvalue weighted by atomic mass is 35.5. The Morgan fingerprint density at radius 1 is 1.39 bits per heavy atom. The molecule has 1 heterocycles. The maximum Gasteiger partial charge on any atom is 0.224 e. The van der Waals surface area contributed by atoms with E-state index in [9.17, 15) is 4.79 Å². The SMILES string of the molecule is O=C(CCNc1cccc(Cl)c1)N1CCOCC1. The van der Waals surface area contributed by atoms with Gasteiger partial charge in [-0.25, -0.2) is 0 Å². The van der Waals surface area contributed by atoms with Gasteiger partial charge in [-0.05, 0) is 18.2 Å². The van der Waals surface area contributed by atoms with Crippen LogP contribution in [0.15, 0.2) is 24.3 Å². The van der Waals surface area contributed by atoms with Gasteiger partial charge < -0.3 is 15.0 Å². The number of hydrogen-bond donors (Lipinski definition) is 1. The summed E-state index contributed by atoms with van der Waals surface area (Å²) < 4.78 is 5.21. The average molecular weight is 269 g/mol. The van der Waals surface area contributed by atoms with Crippen molar-refractivity contribution in [1.82, 2.24) is 4.90 Å². The first-order chi connectivity index (χ1) is 8.75. The van der Waals surface area contributed by atoms with E-state index in [2.05, 4.69) is 5.32 Å². The van der Waals surface area contributed by atoms with Crippen molar-refractivity contribution in [2.24, 2.45) is 0 Å². The van der Waals surface area contributed by atoms with Crippen LogP contribution in [0.5, 0.6) is 0 Å². The zero-order valence-electron chi connectivity index (χ0n) is 10.2. The van der Waals surface area contributed by atoms with E-state index in [1.807, 2.05) is 29.2 Å². The molecule has 1 fully saturated rings. The molecule has 4 nitrogen and oxygen atoms in total. The molecule has 1 aromatic rings. The van der Waals surface area contributed by atoms with Crippen LogP contribution < -0.4 is 5.32 Å². The topological polar surface area (TPSA) is 41.6 Å². The average Bonchev–Trinajstić information content (AvgIpc) is 2.40. The van der Waals surface area contributed by atoms with Crippen LogP contribution in [0, 0.1) is 0 Å². The van der Waals surface area contributed by atoms with Gasteiger partial charge in [0.2, 0.25) is 5.91 Å². The summed E-state index contributed by atoms with van der Waals surface area (Å²) >= 11 is 5.88. The molecule has 0 aromatic heterocycles. The van der Waals surface area contributed by atoms with E-state index in [1.165, 1.54) is 0 Å². The molecular weight excluding hydrogens is 252 g/mol. The van der Waals surface area contributed by atoms with Gasteiger partial charge in [-0.1, -0.05) is 17.7 Å². The highest BCUT2D eigenvalue weighted by Crippen LogP contribution is 2.14. The van der Waals surface area contributed by atoms with Crippen LogP contribution in [0.25, 0.3) is 0 Å². The highest BCUT2D eigenvalue weighted by molar-refractivity contribution is 6.30.